The largest absolute Gasteiger partial charge is 0.469 e. The molecule has 1 atom stereocenters. The third-order valence-electron chi connectivity index (χ3n) is 5.07. The molecular weight excluding hydrogens is 454 g/mol. The minimum atomic E-state index is -3.79. The first-order valence-corrected chi connectivity index (χ1v) is 12.3. The molecule has 8 heteroatoms. The number of ether oxygens (including phenoxy) is 1. The fraction of sp³-hybridized carbons (Fsp3) is 0.174. The number of aromatic nitrogens is 1. The predicted octanol–water partition coefficient (Wildman–Crippen LogP) is 5.56. The third kappa shape index (κ3) is 4.44. The van der Waals surface area contributed by atoms with Crippen LogP contribution in [0.5, 0.6) is 0 Å². The first kappa shape index (κ1) is 21.7. The number of benzene rings is 2. The van der Waals surface area contributed by atoms with Crippen LogP contribution in [0.2, 0.25) is 5.02 Å². The molecule has 4 rings (SSSR count). The molecule has 5 nitrogen and oxygen atoms in total. The van der Waals surface area contributed by atoms with Crippen molar-refractivity contribution < 1.29 is 17.9 Å². The van der Waals surface area contributed by atoms with Gasteiger partial charge in [-0.15, -0.1) is 11.8 Å². The van der Waals surface area contributed by atoms with Crippen LogP contribution in [0.3, 0.4) is 0 Å². The summed E-state index contributed by atoms with van der Waals surface area (Å²) in [7, 11) is -2.44. The molecule has 1 aliphatic rings. The molecule has 0 N–H and O–H groups in total. The number of fused-ring (bicyclic) bond motifs is 1. The second kappa shape index (κ2) is 8.94. The number of esters is 1. The zero-order chi connectivity index (χ0) is 22.0. The molecule has 160 valence electrons. The predicted molar refractivity (Wildman–Crippen MR) is 123 cm³/mol. The minimum Gasteiger partial charge on any atom is -0.469 e. The number of hydrogen-bond acceptors (Lipinski definition) is 5. The molecule has 0 aliphatic heterocycles. The SMILES string of the molecule is COC(=O)CC1=CCC(Sc2ccc(Cl)cc2)c2c1ccn2S(=O)(=O)c1ccccc1. The highest BCUT2D eigenvalue weighted by Crippen LogP contribution is 2.46. The maximum absolute atomic E-state index is 13.4. The van der Waals surface area contributed by atoms with Crippen molar-refractivity contribution in [3.05, 3.63) is 89.2 Å². The van der Waals surface area contributed by atoms with E-state index in [9.17, 15) is 13.2 Å². The van der Waals surface area contributed by atoms with Gasteiger partial charge < -0.3 is 4.74 Å². The standard InChI is InChI=1S/C23H20ClNO4S2/c1-29-22(26)15-16-7-12-21(30-18-10-8-17(24)9-11-18)23-20(16)13-14-25(23)31(27,28)19-5-3-2-4-6-19/h2-11,13-14,21H,12,15H2,1H3. The maximum atomic E-state index is 13.4. The van der Waals surface area contributed by atoms with Crippen molar-refractivity contribution in [3.8, 4) is 0 Å². The van der Waals surface area contributed by atoms with E-state index in [0.29, 0.717) is 17.1 Å². The molecule has 1 aliphatic carbocycles. The summed E-state index contributed by atoms with van der Waals surface area (Å²) in [5, 5.41) is 0.495. The molecule has 3 aromatic rings. The first-order valence-electron chi connectivity index (χ1n) is 9.60. The molecular formula is C23H20ClNO4S2. The first-order chi connectivity index (χ1) is 14.9. The average Bonchev–Trinajstić information content (AvgIpc) is 3.24. The smallest absolute Gasteiger partial charge is 0.309 e. The Hall–Kier alpha value is -2.48. The summed E-state index contributed by atoms with van der Waals surface area (Å²) in [6.07, 6.45) is 4.24. The lowest BCUT2D eigenvalue weighted by atomic mass is 9.94. The van der Waals surface area contributed by atoms with E-state index < -0.39 is 10.0 Å². The van der Waals surface area contributed by atoms with Crippen LogP contribution >= 0.6 is 23.4 Å². The van der Waals surface area contributed by atoms with Gasteiger partial charge >= 0.3 is 5.97 Å². The van der Waals surface area contributed by atoms with Gasteiger partial charge in [0.2, 0.25) is 0 Å². The van der Waals surface area contributed by atoms with E-state index in [1.807, 2.05) is 30.3 Å². The van der Waals surface area contributed by atoms with Crippen molar-refractivity contribution in [3.63, 3.8) is 0 Å². The number of allylic oxidation sites excluding steroid dienone is 1. The van der Waals surface area contributed by atoms with E-state index in [0.717, 1.165) is 16.0 Å². The summed E-state index contributed by atoms with van der Waals surface area (Å²) in [6.45, 7) is 0. The van der Waals surface area contributed by atoms with Crippen LogP contribution in [-0.4, -0.2) is 25.5 Å². The molecule has 0 bridgehead atoms. The Morgan fingerprint density at radius 3 is 2.52 bits per heavy atom. The van der Waals surface area contributed by atoms with Gasteiger partial charge in [0.1, 0.15) is 0 Å². The van der Waals surface area contributed by atoms with E-state index in [2.05, 4.69) is 0 Å². The molecule has 0 radical (unpaired) electrons. The van der Waals surface area contributed by atoms with Gasteiger partial charge in [-0.2, -0.15) is 0 Å². The van der Waals surface area contributed by atoms with Crippen LogP contribution in [0, 0.1) is 0 Å². The van der Waals surface area contributed by atoms with Crippen molar-refractivity contribution in [1.29, 1.82) is 0 Å². The lowest BCUT2D eigenvalue weighted by Gasteiger charge is -2.25. The summed E-state index contributed by atoms with van der Waals surface area (Å²) < 4.78 is 33.0. The molecule has 1 heterocycles. The van der Waals surface area contributed by atoms with Gasteiger partial charge in [0.15, 0.2) is 0 Å². The summed E-state index contributed by atoms with van der Waals surface area (Å²) in [5.74, 6) is -0.361. The summed E-state index contributed by atoms with van der Waals surface area (Å²) in [4.78, 5) is 13.1. The highest BCUT2D eigenvalue weighted by Gasteiger charge is 2.31. The highest BCUT2D eigenvalue weighted by atomic mass is 35.5. The second-order valence-corrected chi connectivity index (χ2v) is 10.5. The normalized spacial score (nSPS) is 15.8. The van der Waals surface area contributed by atoms with E-state index >= 15 is 0 Å². The van der Waals surface area contributed by atoms with Crippen LogP contribution in [0.15, 0.2) is 82.7 Å². The van der Waals surface area contributed by atoms with Crippen molar-refractivity contribution >= 4 is 44.9 Å². The van der Waals surface area contributed by atoms with Crippen LogP contribution in [0.4, 0.5) is 0 Å². The fourth-order valence-electron chi connectivity index (χ4n) is 3.58. The Labute approximate surface area is 190 Å². The molecule has 0 amide bonds. The third-order valence-corrected chi connectivity index (χ3v) is 8.27. The van der Waals surface area contributed by atoms with Crippen molar-refractivity contribution in [2.45, 2.75) is 27.9 Å². The Morgan fingerprint density at radius 2 is 1.84 bits per heavy atom. The van der Waals surface area contributed by atoms with Crippen LogP contribution in [0.1, 0.15) is 29.3 Å². The Bertz CT molecular complexity index is 1230. The summed E-state index contributed by atoms with van der Waals surface area (Å²) in [5.41, 5.74) is 2.18. The van der Waals surface area contributed by atoms with Gasteiger partial charge in [0.05, 0.1) is 29.4 Å². The quantitative estimate of drug-likeness (QED) is 0.438. The number of hydrogen-bond donors (Lipinski definition) is 0. The Morgan fingerprint density at radius 1 is 1.13 bits per heavy atom. The maximum Gasteiger partial charge on any atom is 0.309 e. The number of halogens is 1. The topological polar surface area (TPSA) is 65.4 Å². The monoisotopic (exact) mass is 473 g/mol. The van der Waals surface area contributed by atoms with Gasteiger partial charge in [-0.05, 0) is 54.5 Å². The van der Waals surface area contributed by atoms with Crippen LogP contribution in [-0.2, 0) is 19.6 Å². The van der Waals surface area contributed by atoms with Gasteiger partial charge in [0, 0.05) is 21.7 Å². The van der Waals surface area contributed by atoms with Gasteiger partial charge in [-0.25, -0.2) is 12.4 Å². The van der Waals surface area contributed by atoms with Crippen molar-refractivity contribution in [2.75, 3.05) is 7.11 Å². The lowest BCUT2D eigenvalue weighted by molar-refractivity contribution is -0.139. The van der Waals surface area contributed by atoms with E-state index in [1.54, 1.807) is 54.4 Å². The van der Waals surface area contributed by atoms with Crippen LogP contribution < -0.4 is 0 Å². The van der Waals surface area contributed by atoms with Crippen molar-refractivity contribution in [2.24, 2.45) is 0 Å². The second-order valence-electron chi connectivity index (χ2n) is 7.01. The number of nitrogens with zero attached hydrogens (tertiary/aromatic N) is 1. The lowest BCUT2D eigenvalue weighted by Crippen LogP contribution is -2.18. The molecule has 2 aromatic carbocycles. The van der Waals surface area contributed by atoms with Crippen LogP contribution in [0.25, 0.3) is 5.57 Å². The molecule has 31 heavy (non-hydrogen) atoms. The van der Waals surface area contributed by atoms with Gasteiger partial charge in [-0.3, -0.25) is 4.79 Å². The van der Waals surface area contributed by atoms with Crippen molar-refractivity contribution in [1.82, 2.24) is 3.97 Å². The minimum absolute atomic E-state index is 0.0945. The number of carbonyl (C=O) groups is 1. The number of methoxy groups -OCH3 is 1. The zero-order valence-electron chi connectivity index (χ0n) is 16.7. The summed E-state index contributed by atoms with van der Waals surface area (Å²) in [6, 6.07) is 17.6. The van der Waals surface area contributed by atoms with Gasteiger partial charge in [0.25, 0.3) is 10.0 Å². The molecule has 1 aromatic heterocycles. The Kier molecular flexibility index (Phi) is 6.27. The number of carbonyl (C=O) groups excluding carboxylic acids is 1. The molecule has 1 unspecified atom stereocenters. The molecule has 0 saturated heterocycles. The molecule has 0 saturated carbocycles. The van der Waals surface area contributed by atoms with E-state index in [4.69, 9.17) is 16.3 Å². The summed E-state index contributed by atoms with van der Waals surface area (Å²) >= 11 is 7.57. The molecule has 0 fully saturated rings. The number of rotatable bonds is 6. The van der Waals surface area contributed by atoms with E-state index in [-0.39, 0.29) is 22.5 Å². The average molecular weight is 474 g/mol. The Balaban J connectivity index is 1.79. The fourth-order valence-corrected chi connectivity index (χ4v) is 6.37. The molecule has 0 spiro atoms. The van der Waals surface area contributed by atoms with Gasteiger partial charge in [-0.1, -0.05) is 35.9 Å². The number of thioether (sulfide) groups is 1. The highest BCUT2D eigenvalue weighted by molar-refractivity contribution is 7.99. The van der Waals surface area contributed by atoms with E-state index in [1.165, 1.54) is 11.1 Å². The zero-order valence-corrected chi connectivity index (χ0v) is 19.1.